The van der Waals surface area contributed by atoms with Gasteiger partial charge in [-0.15, -0.1) is 0 Å². The van der Waals surface area contributed by atoms with Crippen LogP contribution in [-0.4, -0.2) is 18.9 Å². The minimum Gasteiger partial charge on any atom is -0.469 e. The Balaban J connectivity index is 3.44. The first-order valence-electron chi connectivity index (χ1n) is 3.38. The van der Waals surface area contributed by atoms with Gasteiger partial charge in [-0.05, 0) is 6.92 Å². The maximum Gasteiger partial charge on any atom is 0.309 e. The number of Topliss-reactive ketones (excluding diaryl/α,β-unsaturated/α-hetero) is 1. The predicted octanol–water partition coefficient (Wildman–Crippen LogP) is 1.08. The topological polar surface area (TPSA) is 43.4 Å². The summed E-state index contributed by atoms with van der Waals surface area (Å²) in [5.41, 5.74) is 0. The number of methoxy groups -OCH3 is 1. The monoisotopic (exact) mass is 156 g/mol. The van der Waals surface area contributed by atoms with Crippen molar-refractivity contribution in [3.63, 3.8) is 0 Å². The molecular weight excluding hydrogens is 144 g/mol. The second-order valence-electron chi connectivity index (χ2n) is 2.16. The first-order chi connectivity index (χ1) is 5.16. The Kier molecular flexibility index (Phi) is 5.07. The summed E-state index contributed by atoms with van der Waals surface area (Å²) >= 11 is 0. The Morgan fingerprint density at radius 1 is 1.27 bits per heavy atom. The molecule has 0 unspecified atom stereocenters. The molecule has 0 heterocycles. The van der Waals surface area contributed by atoms with E-state index in [1.165, 1.54) is 14.0 Å². The van der Waals surface area contributed by atoms with Crippen molar-refractivity contribution in [2.45, 2.75) is 19.8 Å². The van der Waals surface area contributed by atoms with Crippen LogP contribution in [-0.2, 0) is 14.3 Å². The molecule has 3 nitrogen and oxygen atoms in total. The fraction of sp³-hybridized carbons (Fsp3) is 0.500. The standard InChI is InChI=1S/C8H12O3/c1-7(9)5-3-4-6-8(10)11-2/h3-4H,5-6H2,1-2H3/b4-3+. The lowest BCUT2D eigenvalue weighted by Crippen LogP contribution is -1.96. The summed E-state index contributed by atoms with van der Waals surface area (Å²) in [4.78, 5) is 20.9. The maximum atomic E-state index is 10.5. The second kappa shape index (κ2) is 5.65. The van der Waals surface area contributed by atoms with Gasteiger partial charge in [0.25, 0.3) is 0 Å². The summed E-state index contributed by atoms with van der Waals surface area (Å²) in [5.74, 6) is -0.198. The molecule has 0 aromatic rings. The van der Waals surface area contributed by atoms with Crippen LogP contribution < -0.4 is 0 Å². The van der Waals surface area contributed by atoms with Gasteiger partial charge in [-0.1, -0.05) is 12.2 Å². The van der Waals surface area contributed by atoms with E-state index < -0.39 is 0 Å². The number of carbonyl (C=O) groups excluding carboxylic acids is 2. The summed E-state index contributed by atoms with van der Waals surface area (Å²) in [6, 6.07) is 0. The van der Waals surface area contributed by atoms with Crippen LogP contribution in [0.15, 0.2) is 12.2 Å². The number of ketones is 1. The molecule has 0 bridgehead atoms. The minimum atomic E-state index is -0.287. The number of esters is 1. The van der Waals surface area contributed by atoms with Gasteiger partial charge in [-0.25, -0.2) is 0 Å². The van der Waals surface area contributed by atoms with Crippen LogP contribution in [0.25, 0.3) is 0 Å². The third kappa shape index (κ3) is 6.77. The van der Waals surface area contributed by atoms with Gasteiger partial charge in [0.05, 0.1) is 13.5 Å². The van der Waals surface area contributed by atoms with Gasteiger partial charge in [0, 0.05) is 6.42 Å². The Hall–Kier alpha value is -1.12. The SMILES string of the molecule is COC(=O)C/C=C/CC(C)=O. The highest BCUT2D eigenvalue weighted by molar-refractivity contribution is 5.77. The van der Waals surface area contributed by atoms with Crippen molar-refractivity contribution in [1.82, 2.24) is 0 Å². The van der Waals surface area contributed by atoms with Gasteiger partial charge < -0.3 is 4.74 Å². The molecule has 11 heavy (non-hydrogen) atoms. The molecule has 0 aliphatic rings. The van der Waals surface area contributed by atoms with Crippen LogP contribution in [0.3, 0.4) is 0 Å². The first kappa shape index (κ1) is 9.88. The van der Waals surface area contributed by atoms with Crippen molar-refractivity contribution in [2.24, 2.45) is 0 Å². The van der Waals surface area contributed by atoms with Crippen molar-refractivity contribution in [1.29, 1.82) is 0 Å². The molecule has 0 amide bonds. The van der Waals surface area contributed by atoms with Crippen molar-refractivity contribution >= 4 is 11.8 Å². The van der Waals surface area contributed by atoms with Crippen molar-refractivity contribution < 1.29 is 14.3 Å². The van der Waals surface area contributed by atoms with E-state index in [2.05, 4.69) is 4.74 Å². The highest BCUT2D eigenvalue weighted by Crippen LogP contribution is 1.90. The zero-order valence-electron chi connectivity index (χ0n) is 6.79. The molecule has 0 radical (unpaired) electrons. The molecule has 0 atom stereocenters. The van der Waals surface area contributed by atoms with Gasteiger partial charge in [0.2, 0.25) is 0 Å². The van der Waals surface area contributed by atoms with Crippen LogP contribution in [0.5, 0.6) is 0 Å². The Labute approximate surface area is 66.0 Å². The molecule has 0 spiro atoms. The molecule has 3 heteroatoms. The first-order valence-corrected chi connectivity index (χ1v) is 3.38. The smallest absolute Gasteiger partial charge is 0.309 e. The van der Waals surface area contributed by atoms with Crippen LogP contribution in [0.2, 0.25) is 0 Å². The Morgan fingerprint density at radius 2 is 1.82 bits per heavy atom. The molecule has 0 rings (SSSR count). The summed E-state index contributed by atoms with van der Waals surface area (Å²) in [6.45, 7) is 1.50. The van der Waals surface area contributed by atoms with Crippen molar-refractivity contribution in [2.75, 3.05) is 7.11 Å². The van der Waals surface area contributed by atoms with Crippen LogP contribution in [0.4, 0.5) is 0 Å². The molecule has 0 aromatic carbocycles. The summed E-state index contributed by atoms with van der Waals surface area (Å²) in [5, 5.41) is 0. The van der Waals surface area contributed by atoms with E-state index >= 15 is 0 Å². The largest absolute Gasteiger partial charge is 0.469 e. The summed E-state index contributed by atoms with van der Waals surface area (Å²) < 4.78 is 4.38. The molecule has 0 aliphatic heterocycles. The van der Waals surface area contributed by atoms with Crippen LogP contribution in [0.1, 0.15) is 19.8 Å². The highest BCUT2D eigenvalue weighted by atomic mass is 16.5. The van der Waals surface area contributed by atoms with E-state index in [1.807, 2.05) is 0 Å². The second-order valence-corrected chi connectivity index (χ2v) is 2.16. The van der Waals surface area contributed by atoms with Crippen molar-refractivity contribution in [3.05, 3.63) is 12.2 Å². The average molecular weight is 156 g/mol. The lowest BCUT2D eigenvalue weighted by molar-refractivity contribution is -0.139. The fourth-order valence-corrected chi connectivity index (χ4v) is 0.512. The molecular formula is C8H12O3. The molecule has 0 saturated heterocycles. The van der Waals surface area contributed by atoms with E-state index in [0.29, 0.717) is 6.42 Å². The quantitative estimate of drug-likeness (QED) is 0.452. The normalized spacial score (nSPS) is 10.0. The number of ether oxygens (including phenoxy) is 1. The molecule has 62 valence electrons. The number of rotatable bonds is 4. The van der Waals surface area contributed by atoms with Gasteiger partial charge in [0.1, 0.15) is 5.78 Å². The molecule has 0 aromatic heterocycles. The van der Waals surface area contributed by atoms with E-state index in [0.717, 1.165) is 0 Å². The van der Waals surface area contributed by atoms with Crippen molar-refractivity contribution in [3.8, 4) is 0 Å². The van der Waals surface area contributed by atoms with E-state index in [9.17, 15) is 9.59 Å². The molecule has 0 fully saturated rings. The van der Waals surface area contributed by atoms with E-state index in [1.54, 1.807) is 12.2 Å². The number of hydrogen-bond acceptors (Lipinski definition) is 3. The maximum absolute atomic E-state index is 10.5. The summed E-state index contributed by atoms with van der Waals surface area (Å²) in [7, 11) is 1.33. The Bertz CT molecular complexity index is 170. The van der Waals surface area contributed by atoms with Crippen LogP contribution in [0, 0.1) is 0 Å². The van der Waals surface area contributed by atoms with Gasteiger partial charge >= 0.3 is 5.97 Å². The average Bonchev–Trinajstić information content (AvgIpc) is 1.97. The number of carbonyl (C=O) groups is 2. The number of hydrogen-bond donors (Lipinski definition) is 0. The third-order valence-electron chi connectivity index (χ3n) is 1.08. The van der Waals surface area contributed by atoms with Crippen LogP contribution >= 0.6 is 0 Å². The van der Waals surface area contributed by atoms with Gasteiger partial charge in [-0.2, -0.15) is 0 Å². The Morgan fingerprint density at radius 3 is 2.27 bits per heavy atom. The third-order valence-corrected chi connectivity index (χ3v) is 1.08. The lowest BCUT2D eigenvalue weighted by atomic mass is 10.3. The lowest BCUT2D eigenvalue weighted by Gasteiger charge is -1.90. The molecule has 0 aliphatic carbocycles. The van der Waals surface area contributed by atoms with E-state index in [4.69, 9.17) is 0 Å². The zero-order valence-corrected chi connectivity index (χ0v) is 6.79. The molecule has 0 N–H and O–H groups in total. The predicted molar refractivity (Wildman–Crippen MR) is 41.1 cm³/mol. The summed E-state index contributed by atoms with van der Waals surface area (Å²) in [6.07, 6.45) is 3.92. The zero-order chi connectivity index (χ0) is 8.69. The van der Waals surface area contributed by atoms with Gasteiger partial charge in [0.15, 0.2) is 0 Å². The fourth-order valence-electron chi connectivity index (χ4n) is 0.512. The minimum absolute atomic E-state index is 0.0890. The molecule has 0 saturated carbocycles. The number of allylic oxidation sites excluding steroid dienone is 1. The van der Waals surface area contributed by atoms with E-state index in [-0.39, 0.29) is 18.2 Å². The van der Waals surface area contributed by atoms with Gasteiger partial charge in [-0.3, -0.25) is 9.59 Å². The highest BCUT2D eigenvalue weighted by Gasteiger charge is 1.93.